The maximum atomic E-state index is 3.61. The number of likely N-dealkylation sites (tertiary alicyclic amines) is 2. The molecule has 17 heavy (non-hydrogen) atoms. The Morgan fingerprint density at radius 2 is 1.65 bits per heavy atom. The van der Waals surface area contributed by atoms with Gasteiger partial charge in [-0.3, -0.25) is 15.1 Å². The maximum absolute atomic E-state index is 3.61. The molecule has 0 spiro atoms. The third-order valence-electron chi connectivity index (χ3n) is 4.03. The van der Waals surface area contributed by atoms with Gasteiger partial charge in [-0.2, -0.15) is 0 Å². The summed E-state index contributed by atoms with van der Waals surface area (Å²) >= 11 is 0. The van der Waals surface area contributed by atoms with Crippen molar-refractivity contribution in [3.05, 3.63) is 0 Å². The molecule has 2 atom stereocenters. The first kappa shape index (κ1) is 13.3. The number of hydrogen-bond acceptors (Lipinski definition) is 3. The van der Waals surface area contributed by atoms with Gasteiger partial charge in [-0.15, -0.1) is 0 Å². The normalized spacial score (nSPS) is 31.4. The second-order valence-corrected chi connectivity index (χ2v) is 7.72. The van der Waals surface area contributed by atoms with Gasteiger partial charge < -0.3 is 0 Å². The number of fused-ring (bicyclic) bond motifs is 2. The van der Waals surface area contributed by atoms with Crippen molar-refractivity contribution in [2.75, 3.05) is 19.8 Å². The molecule has 2 fully saturated rings. The molecule has 2 aliphatic rings. The van der Waals surface area contributed by atoms with Gasteiger partial charge in [0.1, 0.15) is 0 Å². The van der Waals surface area contributed by atoms with E-state index in [2.05, 4.69) is 56.7 Å². The van der Waals surface area contributed by atoms with E-state index in [1.165, 1.54) is 19.5 Å². The van der Waals surface area contributed by atoms with Gasteiger partial charge in [-0.1, -0.05) is 0 Å². The molecule has 2 saturated heterocycles. The minimum absolute atomic E-state index is 0.228. The van der Waals surface area contributed by atoms with Gasteiger partial charge in [0.05, 0.1) is 0 Å². The molecule has 2 heterocycles. The second kappa shape index (κ2) is 4.22. The third-order valence-corrected chi connectivity index (χ3v) is 4.03. The lowest BCUT2D eigenvalue weighted by Crippen LogP contribution is -2.56. The first-order chi connectivity index (χ1) is 7.67. The molecule has 2 rings (SSSR count). The highest BCUT2D eigenvalue weighted by atomic mass is 15.4. The van der Waals surface area contributed by atoms with Crippen LogP contribution in [0, 0.1) is 0 Å². The molecule has 2 aliphatic heterocycles. The van der Waals surface area contributed by atoms with E-state index in [1.807, 2.05) is 0 Å². The average molecular weight is 239 g/mol. The summed E-state index contributed by atoms with van der Waals surface area (Å²) in [6.07, 6.45) is 1.36. The Kier molecular flexibility index (Phi) is 3.30. The van der Waals surface area contributed by atoms with Crippen molar-refractivity contribution in [3.63, 3.8) is 0 Å². The van der Waals surface area contributed by atoms with E-state index in [-0.39, 0.29) is 5.54 Å². The van der Waals surface area contributed by atoms with Crippen LogP contribution in [0.3, 0.4) is 0 Å². The van der Waals surface area contributed by atoms with Crippen LogP contribution in [0.5, 0.6) is 0 Å². The number of hydrogen-bond donors (Lipinski definition) is 1. The van der Waals surface area contributed by atoms with Crippen LogP contribution in [0.2, 0.25) is 0 Å². The van der Waals surface area contributed by atoms with Crippen LogP contribution in [0.25, 0.3) is 0 Å². The van der Waals surface area contributed by atoms with Crippen molar-refractivity contribution in [1.82, 2.24) is 15.1 Å². The quantitative estimate of drug-likeness (QED) is 0.794. The number of nitrogens with one attached hydrogen (secondary N) is 1. The zero-order chi connectivity index (χ0) is 12.8. The zero-order valence-electron chi connectivity index (χ0n) is 12.4. The lowest BCUT2D eigenvalue weighted by molar-refractivity contribution is 0.0510. The minimum atomic E-state index is 0.228. The molecule has 3 heteroatoms. The summed E-state index contributed by atoms with van der Waals surface area (Å²) in [7, 11) is 0. The van der Waals surface area contributed by atoms with Crippen LogP contribution in [0.15, 0.2) is 0 Å². The highest BCUT2D eigenvalue weighted by Crippen LogP contribution is 2.35. The average Bonchev–Trinajstić information content (AvgIpc) is 2.70. The largest absolute Gasteiger partial charge is 0.300 e. The van der Waals surface area contributed by atoms with Gasteiger partial charge in [0.25, 0.3) is 0 Å². The Morgan fingerprint density at radius 3 is 2.06 bits per heavy atom. The molecule has 1 N–H and O–H groups in total. The van der Waals surface area contributed by atoms with E-state index in [0.717, 1.165) is 18.8 Å². The van der Waals surface area contributed by atoms with Crippen molar-refractivity contribution in [1.29, 1.82) is 0 Å². The standard InChI is InChI=1S/C14H29N3/c1-13(2,3)15-10-16-8-12-7-11(16)9-17(12)14(4,5)6/h11-12,15H,7-10H2,1-6H3. The summed E-state index contributed by atoms with van der Waals surface area (Å²) in [5.74, 6) is 0. The molecule has 0 radical (unpaired) electrons. The van der Waals surface area contributed by atoms with Gasteiger partial charge in [-0.05, 0) is 48.0 Å². The van der Waals surface area contributed by atoms with Crippen LogP contribution >= 0.6 is 0 Å². The first-order valence-electron chi connectivity index (χ1n) is 6.93. The van der Waals surface area contributed by atoms with Gasteiger partial charge in [-0.25, -0.2) is 0 Å². The fourth-order valence-corrected chi connectivity index (χ4v) is 3.10. The Balaban J connectivity index is 1.86. The Labute approximate surface area is 107 Å². The second-order valence-electron chi connectivity index (χ2n) is 7.72. The maximum Gasteiger partial charge on any atom is 0.0488 e. The van der Waals surface area contributed by atoms with Gasteiger partial charge in [0.15, 0.2) is 0 Å². The van der Waals surface area contributed by atoms with Crippen molar-refractivity contribution in [2.24, 2.45) is 0 Å². The van der Waals surface area contributed by atoms with E-state index < -0.39 is 0 Å². The summed E-state index contributed by atoms with van der Waals surface area (Å²) in [6, 6.07) is 1.55. The summed E-state index contributed by atoms with van der Waals surface area (Å²) in [6.45, 7) is 17.3. The van der Waals surface area contributed by atoms with Crippen molar-refractivity contribution < 1.29 is 0 Å². The minimum Gasteiger partial charge on any atom is -0.300 e. The molecule has 2 unspecified atom stereocenters. The fraction of sp³-hybridized carbons (Fsp3) is 1.00. The highest BCUT2D eigenvalue weighted by Gasteiger charge is 2.46. The van der Waals surface area contributed by atoms with E-state index >= 15 is 0 Å². The zero-order valence-corrected chi connectivity index (χ0v) is 12.4. The summed E-state index contributed by atoms with van der Waals surface area (Å²) in [5, 5.41) is 3.61. The molecule has 0 aliphatic carbocycles. The van der Waals surface area contributed by atoms with Crippen molar-refractivity contribution in [2.45, 2.75) is 71.1 Å². The number of piperazine rings is 1. The van der Waals surface area contributed by atoms with Crippen LogP contribution in [-0.2, 0) is 0 Å². The van der Waals surface area contributed by atoms with Crippen LogP contribution in [0.1, 0.15) is 48.0 Å². The summed E-state index contributed by atoms with van der Waals surface area (Å²) in [4.78, 5) is 5.31. The monoisotopic (exact) mass is 239 g/mol. The highest BCUT2D eigenvalue weighted by molar-refractivity contribution is 5.03. The topological polar surface area (TPSA) is 18.5 Å². The Bertz CT molecular complexity index is 274. The summed E-state index contributed by atoms with van der Waals surface area (Å²) in [5.41, 5.74) is 0.564. The molecular weight excluding hydrogens is 210 g/mol. The van der Waals surface area contributed by atoms with Crippen molar-refractivity contribution in [3.8, 4) is 0 Å². The molecular formula is C14H29N3. The van der Waals surface area contributed by atoms with E-state index in [1.54, 1.807) is 0 Å². The molecule has 0 aromatic rings. The predicted octanol–water partition coefficient (Wildman–Crippen LogP) is 1.89. The number of nitrogens with zero attached hydrogens (tertiary/aromatic N) is 2. The predicted molar refractivity (Wildman–Crippen MR) is 73.1 cm³/mol. The SMILES string of the molecule is CC(C)(C)NCN1CC2CC1CN2C(C)(C)C. The first-order valence-corrected chi connectivity index (χ1v) is 6.93. The molecule has 0 amide bonds. The van der Waals surface area contributed by atoms with Crippen LogP contribution in [-0.4, -0.2) is 52.7 Å². The van der Waals surface area contributed by atoms with Crippen LogP contribution < -0.4 is 5.32 Å². The van der Waals surface area contributed by atoms with E-state index in [4.69, 9.17) is 0 Å². The summed E-state index contributed by atoms with van der Waals surface area (Å²) < 4.78 is 0. The fourth-order valence-electron chi connectivity index (χ4n) is 3.10. The van der Waals surface area contributed by atoms with Gasteiger partial charge in [0, 0.05) is 42.9 Å². The van der Waals surface area contributed by atoms with Gasteiger partial charge >= 0.3 is 0 Å². The van der Waals surface area contributed by atoms with E-state index in [0.29, 0.717) is 5.54 Å². The lowest BCUT2D eigenvalue weighted by Gasteiger charge is -2.42. The molecule has 0 saturated carbocycles. The molecule has 3 nitrogen and oxygen atoms in total. The number of rotatable bonds is 2. The lowest BCUT2D eigenvalue weighted by atomic mass is 10.0. The Hall–Kier alpha value is -0.120. The van der Waals surface area contributed by atoms with E-state index in [9.17, 15) is 0 Å². The smallest absolute Gasteiger partial charge is 0.0488 e. The third kappa shape index (κ3) is 3.01. The Morgan fingerprint density at radius 1 is 1.00 bits per heavy atom. The van der Waals surface area contributed by atoms with Gasteiger partial charge in [0.2, 0.25) is 0 Å². The molecule has 2 bridgehead atoms. The van der Waals surface area contributed by atoms with Crippen LogP contribution in [0.4, 0.5) is 0 Å². The molecule has 0 aromatic heterocycles. The van der Waals surface area contributed by atoms with Crippen molar-refractivity contribution >= 4 is 0 Å². The molecule has 0 aromatic carbocycles. The molecule has 100 valence electrons.